The Morgan fingerprint density at radius 1 is 1.26 bits per heavy atom. The molecule has 0 spiro atoms. The molecule has 0 saturated heterocycles. The van der Waals surface area contributed by atoms with Gasteiger partial charge in [-0.25, -0.2) is 13.4 Å². The molecule has 1 aromatic carbocycles. The first kappa shape index (κ1) is 20.7. The monoisotopic (exact) mass is 402 g/mol. The third-order valence-electron chi connectivity index (χ3n) is 3.69. The molecule has 1 amide bonds. The SMILES string of the molecule is COc1ccc(C)cc1CCNC(=O)c1cccnc1S(=O)(=O)C(F)(F)F. The molecule has 1 heterocycles. The van der Waals surface area contributed by atoms with Crippen molar-refractivity contribution >= 4 is 15.7 Å². The van der Waals surface area contributed by atoms with E-state index < -0.39 is 31.8 Å². The Morgan fingerprint density at radius 3 is 2.59 bits per heavy atom. The fourth-order valence-corrected chi connectivity index (χ4v) is 3.27. The fraction of sp³-hybridized carbons (Fsp3) is 0.294. The number of sulfone groups is 1. The van der Waals surface area contributed by atoms with E-state index in [0.29, 0.717) is 12.2 Å². The molecule has 2 rings (SSSR count). The lowest BCUT2D eigenvalue weighted by molar-refractivity contribution is -0.0438. The Hall–Kier alpha value is -2.62. The number of nitrogens with zero attached hydrogens (tertiary/aromatic N) is 1. The van der Waals surface area contributed by atoms with Gasteiger partial charge in [-0.3, -0.25) is 4.79 Å². The van der Waals surface area contributed by atoms with Gasteiger partial charge in [-0.2, -0.15) is 13.2 Å². The number of hydrogen-bond donors (Lipinski definition) is 1. The molecule has 0 aliphatic carbocycles. The molecular weight excluding hydrogens is 385 g/mol. The van der Waals surface area contributed by atoms with Crippen LogP contribution in [0.4, 0.5) is 13.2 Å². The van der Waals surface area contributed by atoms with Crippen molar-refractivity contribution in [3.05, 3.63) is 53.2 Å². The minimum atomic E-state index is -5.74. The Kier molecular flexibility index (Phi) is 6.09. The minimum Gasteiger partial charge on any atom is -0.496 e. The lowest BCUT2D eigenvalue weighted by atomic mass is 10.1. The summed E-state index contributed by atoms with van der Waals surface area (Å²) in [5.74, 6) is -0.353. The molecule has 0 bridgehead atoms. The maximum Gasteiger partial charge on any atom is 0.503 e. The number of methoxy groups -OCH3 is 1. The van der Waals surface area contributed by atoms with E-state index in [1.807, 2.05) is 19.1 Å². The number of nitrogens with one attached hydrogen (secondary N) is 1. The predicted octanol–water partition coefficient (Wildman–Crippen LogP) is 2.66. The van der Waals surface area contributed by atoms with Crippen molar-refractivity contribution < 1.29 is 31.1 Å². The average molecular weight is 402 g/mol. The lowest BCUT2D eigenvalue weighted by Crippen LogP contribution is -2.31. The largest absolute Gasteiger partial charge is 0.503 e. The van der Waals surface area contributed by atoms with Gasteiger partial charge in [0.25, 0.3) is 15.7 Å². The van der Waals surface area contributed by atoms with Crippen molar-refractivity contribution in [2.75, 3.05) is 13.7 Å². The number of carbonyl (C=O) groups is 1. The van der Waals surface area contributed by atoms with Crippen LogP contribution in [0.25, 0.3) is 0 Å². The first-order valence-electron chi connectivity index (χ1n) is 7.76. The maximum atomic E-state index is 12.8. The number of pyridine rings is 1. The summed E-state index contributed by atoms with van der Waals surface area (Å²) < 4.78 is 66.8. The summed E-state index contributed by atoms with van der Waals surface area (Å²) in [4.78, 5) is 15.5. The zero-order chi connectivity index (χ0) is 20.2. The molecule has 0 aliphatic rings. The number of aryl methyl sites for hydroxylation is 1. The van der Waals surface area contributed by atoms with Gasteiger partial charge in [0.2, 0.25) is 0 Å². The minimum absolute atomic E-state index is 0.0685. The second-order valence-corrected chi connectivity index (χ2v) is 7.48. The highest BCUT2D eigenvalue weighted by Crippen LogP contribution is 2.30. The normalized spacial score (nSPS) is 11.9. The summed E-state index contributed by atoms with van der Waals surface area (Å²) in [5, 5.41) is 1.10. The third-order valence-corrected chi connectivity index (χ3v) is 5.13. The number of carbonyl (C=O) groups excluding carboxylic acids is 1. The first-order chi connectivity index (χ1) is 12.6. The number of rotatable bonds is 6. The molecule has 10 heteroatoms. The van der Waals surface area contributed by atoms with Gasteiger partial charge >= 0.3 is 5.51 Å². The van der Waals surface area contributed by atoms with Crippen molar-refractivity contribution in [3.63, 3.8) is 0 Å². The maximum absolute atomic E-state index is 12.8. The van der Waals surface area contributed by atoms with Gasteiger partial charge in [0, 0.05) is 12.7 Å². The van der Waals surface area contributed by atoms with E-state index in [4.69, 9.17) is 4.74 Å². The van der Waals surface area contributed by atoms with Crippen molar-refractivity contribution in [3.8, 4) is 5.75 Å². The van der Waals surface area contributed by atoms with E-state index in [1.165, 1.54) is 13.2 Å². The fourth-order valence-electron chi connectivity index (χ4n) is 2.40. The summed E-state index contributed by atoms with van der Waals surface area (Å²) in [7, 11) is -4.24. The van der Waals surface area contributed by atoms with E-state index >= 15 is 0 Å². The number of amides is 1. The highest BCUT2D eigenvalue weighted by Gasteiger charge is 2.49. The number of halogens is 3. The molecule has 0 aliphatic heterocycles. The van der Waals surface area contributed by atoms with Crippen LogP contribution in [-0.4, -0.2) is 38.5 Å². The lowest BCUT2D eigenvalue weighted by Gasteiger charge is -2.13. The van der Waals surface area contributed by atoms with Crippen LogP contribution in [-0.2, 0) is 16.3 Å². The first-order valence-corrected chi connectivity index (χ1v) is 9.24. The topological polar surface area (TPSA) is 85.4 Å². The summed E-state index contributed by atoms with van der Waals surface area (Å²) in [6.07, 6.45) is 1.23. The van der Waals surface area contributed by atoms with Gasteiger partial charge in [-0.15, -0.1) is 0 Å². The van der Waals surface area contributed by atoms with Crippen LogP contribution in [0.5, 0.6) is 5.75 Å². The second-order valence-electron chi connectivity index (χ2n) is 5.63. The van der Waals surface area contributed by atoms with Crippen molar-refractivity contribution in [2.24, 2.45) is 0 Å². The van der Waals surface area contributed by atoms with Crippen LogP contribution < -0.4 is 10.1 Å². The Bertz CT molecular complexity index is 943. The molecule has 0 atom stereocenters. The zero-order valence-corrected chi connectivity index (χ0v) is 15.3. The van der Waals surface area contributed by atoms with Crippen LogP contribution >= 0.6 is 0 Å². The van der Waals surface area contributed by atoms with Crippen LogP contribution in [0.15, 0.2) is 41.6 Å². The highest BCUT2D eigenvalue weighted by atomic mass is 32.2. The van der Waals surface area contributed by atoms with Crippen molar-refractivity contribution in [1.29, 1.82) is 0 Å². The van der Waals surface area contributed by atoms with Crippen molar-refractivity contribution in [2.45, 2.75) is 23.9 Å². The second kappa shape index (κ2) is 7.95. The van der Waals surface area contributed by atoms with Gasteiger partial charge in [-0.05, 0) is 37.1 Å². The van der Waals surface area contributed by atoms with E-state index in [0.717, 1.165) is 23.4 Å². The Balaban J connectivity index is 2.18. The molecule has 0 fully saturated rings. The molecule has 0 unspecified atom stereocenters. The number of hydrogen-bond acceptors (Lipinski definition) is 5. The van der Waals surface area contributed by atoms with Gasteiger partial charge < -0.3 is 10.1 Å². The van der Waals surface area contributed by atoms with E-state index in [1.54, 1.807) is 6.07 Å². The Morgan fingerprint density at radius 2 is 1.96 bits per heavy atom. The molecule has 27 heavy (non-hydrogen) atoms. The number of benzene rings is 1. The van der Waals surface area contributed by atoms with Crippen molar-refractivity contribution in [1.82, 2.24) is 10.3 Å². The van der Waals surface area contributed by atoms with Crippen LogP contribution in [0, 0.1) is 6.92 Å². The molecule has 1 aromatic heterocycles. The van der Waals surface area contributed by atoms with Crippen LogP contribution in [0.2, 0.25) is 0 Å². The summed E-state index contributed by atoms with van der Waals surface area (Å²) in [6, 6.07) is 7.64. The van der Waals surface area contributed by atoms with Crippen LogP contribution in [0.3, 0.4) is 0 Å². The predicted molar refractivity (Wildman–Crippen MR) is 91.2 cm³/mol. The van der Waals surface area contributed by atoms with Gasteiger partial charge in [0.15, 0.2) is 5.03 Å². The molecule has 6 nitrogen and oxygen atoms in total. The van der Waals surface area contributed by atoms with Gasteiger partial charge in [0.1, 0.15) is 5.75 Å². The van der Waals surface area contributed by atoms with Gasteiger partial charge in [0.05, 0.1) is 12.7 Å². The molecule has 0 saturated carbocycles. The van der Waals surface area contributed by atoms with E-state index in [-0.39, 0.29) is 6.54 Å². The third kappa shape index (κ3) is 4.57. The van der Waals surface area contributed by atoms with Crippen LogP contribution in [0.1, 0.15) is 21.5 Å². The zero-order valence-electron chi connectivity index (χ0n) is 14.5. The quantitative estimate of drug-likeness (QED) is 0.803. The van der Waals surface area contributed by atoms with Gasteiger partial charge in [-0.1, -0.05) is 17.7 Å². The smallest absolute Gasteiger partial charge is 0.496 e. The molecular formula is C17H17F3N2O4S. The molecule has 0 radical (unpaired) electrons. The number of alkyl halides is 3. The van der Waals surface area contributed by atoms with E-state index in [2.05, 4.69) is 10.3 Å². The summed E-state index contributed by atoms with van der Waals surface area (Å²) >= 11 is 0. The molecule has 146 valence electrons. The molecule has 2 aromatic rings. The summed E-state index contributed by atoms with van der Waals surface area (Å²) in [5.41, 5.74) is -4.44. The summed E-state index contributed by atoms with van der Waals surface area (Å²) in [6.45, 7) is 1.95. The number of aromatic nitrogens is 1. The molecule has 1 N–H and O–H groups in total. The standard InChI is InChI=1S/C17H17F3N2O4S/c1-11-5-6-14(26-2)12(10-11)7-9-21-15(23)13-4-3-8-22-16(13)27(24,25)17(18,19)20/h3-6,8,10H,7,9H2,1-2H3,(H,21,23). The van der Waals surface area contributed by atoms with E-state index in [9.17, 15) is 26.4 Å². The highest BCUT2D eigenvalue weighted by molar-refractivity contribution is 7.92. The average Bonchev–Trinajstić information content (AvgIpc) is 2.61. The number of ether oxygens (including phenoxy) is 1. The Labute approximate surface area is 154 Å².